The van der Waals surface area contributed by atoms with Crippen LogP contribution < -0.4 is 5.32 Å². The number of sulfonamides is 1. The Balaban J connectivity index is 1.65. The molecule has 112 valence electrons. The number of rotatable bonds is 4. The minimum Gasteiger partial charge on any atom is -0.369 e. The molecular weight excluding hydrogens is 293 g/mol. The Labute approximate surface area is 122 Å². The van der Waals surface area contributed by atoms with Crippen molar-refractivity contribution in [3.05, 3.63) is 36.1 Å². The minimum absolute atomic E-state index is 0.237. The molecule has 1 aromatic heterocycles. The molecule has 0 radical (unpaired) electrons. The first-order chi connectivity index (χ1) is 10.0. The molecule has 1 aliphatic rings. The van der Waals surface area contributed by atoms with Crippen LogP contribution in [0.4, 0.5) is 10.2 Å². The second-order valence-corrected chi connectivity index (χ2v) is 7.12. The number of nitrogens with one attached hydrogen (secondary N) is 1. The molecule has 1 saturated heterocycles. The van der Waals surface area contributed by atoms with Crippen LogP contribution in [0.25, 0.3) is 10.9 Å². The van der Waals surface area contributed by atoms with Crippen molar-refractivity contribution < 1.29 is 12.8 Å². The monoisotopic (exact) mass is 309 g/mol. The van der Waals surface area contributed by atoms with E-state index in [1.54, 1.807) is 12.1 Å². The molecule has 0 saturated carbocycles. The van der Waals surface area contributed by atoms with Gasteiger partial charge in [-0.15, -0.1) is 0 Å². The van der Waals surface area contributed by atoms with Crippen LogP contribution in [0, 0.1) is 5.82 Å². The van der Waals surface area contributed by atoms with Crippen molar-refractivity contribution >= 4 is 26.7 Å². The molecule has 0 spiro atoms. The summed E-state index contributed by atoms with van der Waals surface area (Å²) in [5.41, 5.74) is 0.578. The fraction of sp³-hybridized carbons (Fsp3) is 0.357. The predicted molar refractivity (Wildman–Crippen MR) is 80.2 cm³/mol. The standard InChI is InChI=1S/C14H16FN3O2S/c15-12-4-2-11-3-5-14(17-13(11)10-12)16-6-8-18-7-1-9-21(18,19)20/h2-5,10H,1,6-9H2,(H,16,17). The van der Waals surface area contributed by atoms with Gasteiger partial charge in [0.05, 0.1) is 11.3 Å². The lowest BCUT2D eigenvalue weighted by atomic mass is 10.2. The molecule has 5 nitrogen and oxygen atoms in total. The third-order valence-corrected chi connectivity index (χ3v) is 5.48. The predicted octanol–water partition coefficient (Wildman–Crippen LogP) is 1.82. The van der Waals surface area contributed by atoms with E-state index in [1.807, 2.05) is 6.07 Å². The van der Waals surface area contributed by atoms with Gasteiger partial charge in [-0.1, -0.05) is 0 Å². The largest absolute Gasteiger partial charge is 0.369 e. The second-order valence-electron chi connectivity index (χ2n) is 5.03. The summed E-state index contributed by atoms with van der Waals surface area (Å²) < 4.78 is 38.0. The van der Waals surface area contributed by atoms with Gasteiger partial charge in [0.25, 0.3) is 0 Å². The van der Waals surface area contributed by atoms with Crippen LogP contribution in [-0.4, -0.2) is 43.1 Å². The van der Waals surface area contributed by atoms with Gasteiger partial charge in [0.2, 0.25) is 10.0 Å². The first-order valence-electron chi connectivity index (χ1n) is 6.83. The number of aromatic nitrogens is 1. The van der Waals surface area contributed by atoms with Gasteiger partial charge in [0, 0.05) is 31.1 Å². The average Bonchev–Trinajstić information content (AvgIpc) is 2.77. The number of hydrogen-bond acceptors (Lipinski definition) is 4. The zero-order valence-electron chi connectivity index (χ0n) is 11.4. The van der Waals surface area contributed by atoms with Crippen LogP contribution in [0.15, 0.2) is 30.3 Å². The Morgan fingerprint density at radius 2 is 2.10 bits per heavy atom. The van der Waals surface area contributed by atoms with Crippen molar-refractivity contribution in [2.75, 3.05) is 30.7 Å². The summed E-state index contributed by atoms with van der Waals surface area (Å²) >= 11 is 0. The summed E-state index contributed by atoms with van der Waals surface area (Å²) in [5.74, 6) is 0.528. The van der Waals surface area contributed by atoms with Crippen molar-refractivity contribution in [2.24, 2.45) is 0 Å². The highest BCUT2D eigenvalue weighted by Gasteiger charge is 2.27. The van der Waals surface area contributed by atoms with Crippen LogP contribution in [0.3, 0.4) is 0 Å². The van der Waals surface area contributed by atoms with Crippen molar-refractivity contribution in [3.8, 4) is 0 Å². The number of anilines is 1. The fourth-order valence-corrected chi connectivity index (χ4v) is 3.97. The van der Waals surface area contributed by atoms with Crippen molar-refractivity contribution in [1.82, 2.24) is 9.29 Å². The van der Waals surface area contributed by atoms with Gasteiger partial charge in [0.15, 0.2) is 0 Å². The Hall–Kier alpha value is -1.73. The number of hydrogen-bond donors (Lipinski definition) is 1. The van der Waals surface area contributed by atoms with Gasteiger partial charge < -0.3 is 5.32 Å². The van der Waals surface area contributed by atoms with E-state index < -0.39 is 10.0 Å². The normalized spacial score (nSPS) is 18.1. The molecule has 1 N–H and O–H groups in total. The average molecular weight is 309 g/mol. The molecule has 0 amide bonds. The second kappa shape index (κ2) is 5.57. The molecule has 0 bridgehead atoms. The molecule has 0 atom stereocenters. The third kappa shape index (κ3) is 3.14. The Morgan fingerprint density at radius 1 is 1.29 bits per heavy atom. The van der Waals surface area contributed by atoms with E-state index in [0.717, 1.165) is 5.39 Å². The molecule has 1 aromatic carbocycles. The highest BCUT2D eigenvalue weighted by Crippen LogP contribution is 2.17. The van der Waals surface area contributed by atoms with Crippen LogP contribution in [0.2, 0.25) is 0 Å². The minimum atomic E-state index is -3.06. The Kier molecular flexibility index (Phi) is 3.77. The number of pyridine rings is 1. The number of halogens is 1. The molecule has 2 aromatic rings. The van der Waals surface area contributed by atoms with Gasteiger partial charge in [0.1, 0.15) is 11.6 Å². The van der Waals surface area contributed by atoms with E-state index in [4.69, 9.17) is 0 Å². The van der Waals surface area contributed by atoms with E-state index in [1.165, 1.54) is 16.4 Å². The Morgan fingerprint density at radius 3 is 2.86 bits per heavy atom. The summed E-state index contributed by atoms with van der Waals surface area (Å²) in [7, 11) is -3.06. The molecule has 21 heavy (non-hydrogen) atoms. The molecule has 0 aliphatic carbocycles. The van der Waals surface area contributed by atoms with Crippen LogP contribution in [0.1, 0.15) is 6.42 Å². The van der Waals surface area contributed by atoms with Gasteiger partial charge in [-0.2, -0.15) is 0 Å². The molecule has 1 fully saturated rings. The topological polar surface area (TPSA) is 62.3 Å². The van der Waals surface area contributed by atoms with Crippen LogP contribution in [0.5, 0.6) is 0 Å². The summed E-state index contributed by atoms with van der Waals surface area (Å²) in [5, 5.41) is 3.95. The maximum atomic E-state index is 13.2. The van der Waals surface area contributed by atoms with Gasteiger partial charge in [-0.05, 0) is 30.7 Å². The number of fused-ring (bicyclic) bond motifs is 1. The third-order valence-electron chi connectivity index (χ3n) is 3.52. The van der Waals surface area contributed by atoms with Crippen LogP contribution in [-0.2, 0) is 10.0 Å². The SMILES string of the molecule is O=S1(=O)CCCN1CCNc1ccc2ccc(F)cc2n1. The first-order valence-corrected chi connectivity index (χ1v) is 8.43. The van der Waals surface area contributed by atoms with Crippen molar-refractivity contribution in [1.29, 1.82) is 0 Å². The van der Waals surface area contributed by atoms with Crippen molar-refractivity contribution in [2.45, 2.75) is 6.42 Å². The highest BCUT2D eigenvalue weighted by molar-refractivity contribution is 7.89. The summed E-state index contributed by atoms with van der Waals surface area (Å²) in [6.07, 6.45) is 0.690. The molecule has 0 unspecified atom stereocenters. The fourth-order valence-electron chi connectivity index (χ4n) is 2.44. The molecule has 3 rings (SSSR count). The van der Waals surface area contributed by atoms with Gasteiger partial charge >= 0.3 is 0 Å². The number of benzene rings is 1. The van der Waals surface area contributed by atoms with Gasteiger partial charge in [-0.25, -0.2) is 22.1 Å². The summed E-state index contributed by atoms with van der Waals surface area (Å²) in [4.78, 5) is 4.32. The Bertz CT molecular complexity index is 764. The van der Waals surface area contributed by atoms with E-state index >= 15 is 0 Å². The number of nitrogens with zero attached hydrogens (tertiary/aromatic N) is 2. The summed E-state index contributed by atoms with van der Waals surface area (Å²) in [6.45, 7) is 1.48. The van der Waals surface area contributed by atoms with Crippen molar-refractivity contribution in [3.63, 3.8) is 0 Å². The molecule has 1 aliphatic heterocycles. The maximum absolute atomic E-state index is 13.2. The first kappa shape index (κ1) is 14.2. The summed E-state index contributed by atoms with van der Waals surface area (Å²) in [6, 6.07) is 8.12. The molecular formula is C14H16FN3O2S. The smallest absolute Gasteiger partial charge is 0.214 e. The van der Waals surface area contributed by atoms with Gasteiger partial charge in [-0.3, -0.25) is 0 Å². The van der Waals surface area contributed by atoms with E-state index in [2.05, 4.69) is 10.3 Å². The lowest BCUT2D eigenvalue weighted by Gasteiger charge is -2.14. The highest BCUT2D eigenvalue weighted by atomic mass is 32.2. The van der Waals surface area contributed by atoms with E-state index in [-0.39, 0.29) is 11.6 Å². The van der Waals surface area contributed by atoms with E-state index in [0.29, 0.717) is 37.4 Å². The lowest BCUT2D eigenvalue weighted by Crippen LogP contribution is -2.30. The lowest BCUT2D eigenvalue weighted by molar-refractivity contribution is 0.456. The zero-order chi connectivity index (χ0) is 14.9. The van der Waals surface area contributed by atoms with Crippen LogP contribution >= 0.6 is 0 Å². The maximum Gasteiger partial charge on any atom is 0.214 e. The molecule has 7 heteroatoms. The zero-order valence-corrected chi connectivity index (χ0v) is 12.2. The quantitative estimate of drug-likeness (QED) is 0.936. The van der Waals surface area contributed by atoms with E-state index in [9.17, 15) is 12.8 Å². The molecule has 2 heterocycles.